The van der Waals surface area contributed by atoms with Crippen LogP contribution in [0.4, 0.5) is 18.9 Å². The van der Waals surface area contributed by atoms with Gasteiger partial charge in [-0.25, -0.2) is 4.79 Å². The summed E-state index contributed by atoms with van der Waals surface area (Å²) < 4.78 is 56.5. The number of benzene rings is 2. The van der Waals surface area contributed by atoms with E-state index in [0.717, 1.165) is 23.1 Å². The summed E-state index contributed by atoms with van der Waals surface area (Å²) in [4.78, 5) is 40.2. The molecule has 12 heteroatoms. The molecule has 0 saturated carbocycles. The minimum absolute atomic E-state index is 0.0440. The van der Waals surface area contributed by atoms with Crippen LogP contribution in [-0.2, 0) is 34.8 Å². The predicted molar refractivity (Wildman–Crippen MR) is 145 cm³/mol. The lowest BCUT2D eigenvalue weighted by Crippen LogP contribution is -2.48. The van der Waals surface area contributed by atoms with Crippen LogP contribution in [0.1, 0.15) is 56.7 Å². The maximum atomic E-state index is 13.8. The number of halogens is 3. The summed E-state index contributed by atoms with van der Waals surface area (Å²) in [5.74, 6) is -5.49. The zero-order chi connectivity index (χ0) is 31.2. The fraction of sp³-hybridized carbons (Fsp3) is 0.367. The van der Waals surface area contributed by atoms with Gasteiger partial charge < -0.3 is 19.1 Å². The number of nitrogens with zero attached hydrogens (tertiary/aromatic N) is 2. The largest absolute Gasteiger partial charge is 0.466 e. The smallest absolute Gasteiger partial charge is 0.416 e. The van der Waals surface area contributed by atoms with Gasteiger partial charge in [0.05, 0.1) is 42.4 Å². The van der Waals surface area contributed by atoms with E-state index >= 15 is 0 Å². The van der Waals surface area contributed by atoms with Crippen molar-refractivity contribution < 1.29 is 41.8 Å². The highest BCUT2D eigenvalue weighted by atomic mass is 19.4. The number of allylic oxidation sites excluding steroid dienone is 1. The number of carbonyl (C=O) groups excluding carboxylic acids is 3. The molecule has 222 valence electrons. The molecule has 0 radical (unpaired) electrons. The fourth-order valence-corrected chi connectivity index (χ4v) is 4.76. The average Bonchev–Trinajstić information content (AvgIpc) is 2.92. The number of esters is 3. The van der Waals surface area contributed by atoms with Crippen molar-refractivity contribution in [3.8, 4) is 6.07 Å². The molecular formula is C30H30F3N3O6. The lowest BCUT2D eigenvalue weighted by atomic mass is 9.75. The fourth-order valence-electron chi connectivity index (χ4n) is 4.76. The van der Waals surface area contributed by atoms with Crippen molar-refractivity contribution in [2.24, 2.45) is 5.92 Å². The van der Waals surface area contributed by atoms with Gasteiger partial charge >= 0.3 is 24.1 Å². The summed E-state index contributed by atoms with van der Waals surface area (Å²) in [7, 11) is 0. The number of carbonyl (C=O) groups is 3. The molecular weight excluding hydrogens is 555 g/mol. The third kappa shape index (κ3) is 6.97. The number of nitrogens with one attached hydrogen (secondary N) is 1. The van der Waals surface area contributed by atoms with E-state index in [2.05, 4.69) is 0 Å². The summed E-state index contributed by atoms with van der Waals surface area (Å²) in [5, 5.41) is 18.3. The summed E-state index contributed by atoms with van der Waals surface area (Å²) in [5.41, 5.74) is -0.510. The van der Waals surface area contributed by atoms with Crippen LogP contribution in [0.2, 0.25) is 0 Å². The molecule has 0 bridgehead atoms. The number of hydrogen-bond donors (Lipinski definition) is 1. The lowest BCUT2D eigenvalue weighted by Gasteiger charge is -2.41. The Kier molecular flexibility index (Phi) is 10.1. The van der Waals surface area contributed by atoms with Crippen LogP contribution in [0.15, 0.2) is 59.8 Å². The van der Waals surface area contributed by atoms with Crippen molar-refractivity contribution in [1.82, 2.24) is 0 Å². The molecule has 0 aromatic heterocycles. The Labute approximate surface area is 241 Å². The van der Waals surface area contributed by atoms with E-state index in [-0.39, 0.29) is 36.6 Å². The monoisotopic (exact) mass is 585 g/mol. The number of alkyl halides is 3. The van der Waals surface area contributed by atoms with Crippen LogP contribution in [0.5, 0.6) is 0 Å². The molecule has 2 aromatic rings. The molecule has 9 nitrogen and oxygen atoms in total. The standard InChI is InChI=1S/C30H30F3N3O6/c1-5-40-23(37)14-17(3)42-29(39)24-18(4)36(22-9-7-8-21(15-22)30(31,32)33)27(35)26(28(38)41-6-2)25(24)20-12-10-19(16-34)11-13-20/h7-13,15,17,25-26,35H,5-6,14H2,1-4H3/t17-,25?,26?/m0/s1. The first kappa shape index (κ1) is 31.9. The average molecular weight is 586 g/mol. The van der Waals surface area contributed by atoms with Gasteiger partial charge in [0.1, 0.15) is 17.9 Å². The Morgan fingerprint density at radius 2 is 1.71 bits per heavy atom. The van der Waals surface area contributed by atoms with Crippen molar-refractivity contribution in [3.05, 3.63) is 76.5 Å². The Balaban J connectivity index is 2.25. The molecule has 0 fully saturated rings. The summed E-state index contributed by atoms with van der Waals surface area (Å²) in [6.45, 7) is 6.14. The van der Waals surface area contributed by atoms with Crippen LogP contribution < -0.4 is 4.90 Å². The second-order valence-electron chi connectivity index (χ2n) is 9.43. The number of anilines is 1. The van der Waals surface area contributed by atoms with Gasteiger partial charge in [0.2, 0.25) is 0 Å². The van der Waals surface area contributed by atoms with Crippen LogP contribution in [0.3, 0.4) is 0 Å². The SMILES string of the molecule is CCOC(=O)C[C@H](C)OC(=O)C1=C(C)N(c2cccc(C(F)(F)F)c2)C(=N)C(C(=O)OCC)C1c1ccc(C#N)cc1. The van der Waals surface area contributed by atoms with E-state index in [1.165, 1.54) is 44.2 Å². The highest BCUT2D eigenvalue weighted by molar-refractivity contribution is 6.14. The van der Waals surface area contributed by atoms with Gasteiger partial charge in [-0.1, -0.05) is 18.2 Å². The zero-order valence-corrected chi connectivity index (χ0v) is 23.4. The first-order valence-electron chi connectivity index (χ1n) is 13.1. The lowest BCUT2D eigenvalue weighted by molar-refractivity contribution is -0.151. The van der Waals surface area contributed by atoms with Gasteiger partial charge in [0, 0.05) is 17.3 Å². The number of ether oxygens (including phenoxy) is 3. The third-order valence-electron chi connectivity index (χ3n) is 6.56. The predicted octanol–water partition coefficient (Wildman–Crippen LogP) is 5.50. The summed E-state index contributed by atoms with van der Waals surface area (Å²) >= 11 is 0. The second-order valence-corrected chi connectivity index (χ2v) is 9.43. The van der Waals surface area contributed by atoms with E-state index < -0.39 is 53.4 Å². The third-order valence-corrected chi connectivity index (χ3v) is 6.56. The topological polar surface area (TPSA) is 130 Å². The molecule has 1 aliphatic heterocycles. The maximum Gasteiger partial charge on any atom is 0.416 e. The number of hydrogen-bond acceptors (Lipinski definition) is 8. The number of nitriles is 1. The summed E-state index contributed by atoms with van der Waals surface area (Å²) in [6, 6.07) is 12.1. The molecule has 2 unspecified atom stereocenters. The molecule has 42 heavy (non-hydrogen) atoms. The van der Waals surface area contributed by atoms with Crippen molar-refractivity contribution in [3.63, 3.8) is 0 Å². The van der Waals surface area contributed by atoms with Crippen molar-refractivity contribution in [2.75, 3.05) is 18.1 Å². The van der Waals surface area contributed by atoms with Gasteiger partial charge in [-0.3, -0.25) is 15.0 Å². The first-order valence-corrected chi connectivity index (χ1v) is 13.1. The molecule has 0 aliphatic carbocycles. The van der Waals surface area contributed by atoms with Crippen LogP contribution in [0, 0.1) is 22.7 Å². The molecule has 0 saturated heterocycles. The highest BCUT2D eigenvalue weighted by Gasteiger charge is 2.48. The Morgan fingerprint density at radius 1 is 1.07 bits per heavy atom. The van der Waals surface area contributed by atoms with E-state index in [0.29, 0.717) is 11.1 Å². The Hall–Kier alpha value is -4.66. The zero-order valence-electron chi connectivity index (χ0n) is 23.4. The molecule has 1 N–H and O–H groups in total. The Morgan fingerprint density at radius 3 is 2.29 bits per heavy atom. The molecule has 1 aliphatic rings. The van der Waals surface area contributed by atoms with Crippen molar-refractivity contribution >= 4 is 29.4 Å². The molecule has 3 rings (SSSR count). The number of rotatable bonds is 9. The van der Waals surface area contributed by atoms with Crippen LogP contribution in [0.25, 0.3) is 0 Å². The molecule has 1 heterocycles. The summed E-state index contributed by atoms with van der Waals surface area (Å²) in [6.07, 6.45) is -5.91. The first-order chi connectivity index (χ1) is 19.8. The van der Waals surface area contributed by atoms with Crippen molar-refractivity contribution in [1.29, 1.82) is 10.7 Å². The minimum Gasteiger partial charge on any atom is -0.466 e. The normalized spacial score (nSPS) is 17.8. The van der Waals surface area contributed by atoms with Crippen LogP contribution in [-0.4, -0.2) is 43.1 Å². The van der Waals surface area contributed by atoms with Gasteiger partial charge in [0.25, 0.3) is 0 Å². The minimum atomic E-state index is -4.69. The second kappa shape index (κ2) is 13.3. The van der Waals surface area contributed by atoms with Gasteiger partial charge in [-0.2, -0.15) is 18.4 Å². The van der Waals surface area contributed by atoms with E-state index in [1.54, 1.807) is 13.8 Å². The molecule has 0 amide bonds. The van der Waals surface area contributed by atoms with Gasteiger partial charge in [0.15, 0.2) is 0 Å². The van der Waals surface area contributed by atoms with E-state index in [9.17, 15) is 32.8 Å². The van der Waals surface area contributed by atoms with Gasteiger partial charge in [-0.05, 0) is 63.6 Å². The van der Waals surface area contributed by atoms with E-state index in [1.807, 2.05) is 6.07 Å². The molecule has 3 atom stereocenters. The molecule has 0 spiro atoms. The van der Waals surface area contributed by atoms with Crippen molar-refractivity contribution in [2.45, 2.75) is 52.3 Å². The highest BCUT2D eigenvalue weighted by Crippen LogP contribution is 2.44. The van der Waals surface area contributed by atoms with E-state index in [4.69, 9.17) is 19.6 Å². The maximum absolute atomic E-state index is 13.8. The Bertz CT molecular complexity index is 1430. The molecule has 2 aromatic carbocycles. The quantitative estimate of drug-likeness (QED) is 0.302. The van der Waals surface area contributed by atoms with Crippen LogP contribution >= 0.6 is 0 Å². The van der Waals surface area contributed by atoms with Gasteiger partial charge in [-0.15, -0.1) is 0 Å². The number of amidine groups is 1.